The average Bonchev–Trinajstić information content (AvgIpc) is 2.30. The molecule has 0 aliphatic rings. The Bertz CT molecular complexity index is 599. The first-order chi connectivity index (χ1) is 8.58. The van der Waals surface area contributed by atoms with Gasteiger partial charge in [0.25, 0.3) is 0 Å². The molecule has 4 N–H and O–H groups in total. The lowest BCUT2D eigenvalue weighted by Crippen LogP contribution is -2.19. The third-order valence-corrected chi connectivity index (χ3v) is 2.74. The lowest BCUT2D eigenvalue weighted by molar-refractivity contribution is 0.259. The number of primary amides is 1. The fourth-order valence-corrected chi connectivity index (χ4v) is 1.96. The van der Waals surface area contributed by atoms with Crippen LogP contribution in [-0.4, -0.2) is 11.1 Å². The topological polar surface area (TPSA) is 75.4 Å². The number of carbonyl (C=O) groups excluding carboxylic acids is 1. The molecule has 0 aliphatic heterocycles. The van der Waals surface area contributed by atoms with Crippen LogP contribution in [-0.2, 0) is 0 Å². The standard InChI is InChI=1S/C13H11ClN2O2/c14-11-7-8(17)5-6-9(11)10-3-1-2-4-12(10)16-13(15)18/h1-7,17H,(H3,15,16,18). The van der Waals surface area contributed by atoms with Crippen molar-refractivity contribution in [2.24, 2.45) is 5.73 Å². The van der Waals surface area contributed by atoms with Crippen LogP contribution in [0.2, 0.25) is 5.02 Å². The van der Waals surface area contributed by atoms with Gasteiger partial charge in [0.2, 0.25) is 0 Å². The number of phenolic OH excluding ortho intramolecular Hbond substituents is 1. The van der Waals surface area contributed by atoms with Crippen molar-refractivity contribution in [2.75, 3.05) is 5.32 Å². The average molecular weight is 263 g/mol. The Morgan fingerprint density at radius 1 is 1.17 bits per heavy atom. The van der Waals surface area contributed by atoms with E-state index >= 15 is 0 Å². The van der Waals surface area contributed by atoms with Gasteiger partial charge in [0, 0.05) is 11.1 Å². The number of hydrogen-bond acceptors (Lipinski definition) is 2. The molecule has 0 bridgehead atoms. The number of para-hydroxylation sites is 1. The zero-order valence-corrected chi connectivity index (χ0v) is 10.1. The van der Waals surface area contributed by atoms with Gasteiger partial charge in [-0.05, 0) is 24.3 Å². The van der Waals surface area contributed by atoms with Crippen molar-refractivity contribution < 1.29 is 9.90 Å². The van der Waals surface area contributed by atoms with Crippen molar-refractivity contribution in [1.29, 1.82) is 0 Å². The largest absolute Gasteiger partial charge is 0.508 e. The number of hydrogen-bond donors (Lipinski definition) is 3. The molecule has 0 unspecified atom stereocenters. The first-order valence-corrected chi connectivity index (χ1v) is 5.60. The van der Waals surface area contributed by atoms with Crippen LogP contribution in [0.4, 0.5) is 10.5 Å². The normalized spacial score (nSPS) is 10.1. The Kier molecular flexibility index (Phi) is 3.39. The second kappa shape index (κ2) is 4.98. The fraction of sp³-hybridized carbons (Fsp3) is 0. The number of halogens is 1. The smallest absolute Gasteiger partial charge is 0.316 e. The molecular weight excluding hydrogens is 252 g/mol. The second-order valence-corrected chi connectivity index (χ2v) is 4.11. The molecule has 5 heteroatoms. The van der Waals surface area contributed by atoms with Gasteiger partial charge in [-0.2, -0.15) is 0 Å². The number of urea groups is 1. The maximum atomic E-state index is 10.9. The van der Waals surface area contributed by atoms with Crippen molar-refractivity contribution in [3.63, 3.8) is 0 Å². The SMILES string of the molecule is NC(=O)Nc1ccccc1-c1ccc(O)cc1Cl. The van der Waals surface area contributed by atoms with Gasteiger partial charge in [0.05, 0.1) is 10.7 Å². The molecule has 18 heavy (non-hydrogen) atoms. The highest BCUT2D eigenvalue weighted by Gasteiger charge is 2.09. The summed E-state index contributed by atoms with van der Waals surface area (Å²) in [5.74, 6) is 0.0871. The Morgan fingerprint density at radius 3 is 2.56 bits per heavy atom. The number of nitrogens with two attached hydrogens (primary N) is 1. The second-order valence-electron chi connectivity index (χ2n) is 3.70. The number of rotatable bonds is 2. The number of benzene rings is 2. The molecule has 0 heterocycles. The van der Waals surface area contributed by atoms with Crippen LogP contribution < -0.4 is 11.1 Å². The monoisotopic (exact) mass is 262 g/mol. The highest BCUT2D eigenvalue weighted by molar-refractivity contribution is 6.33. The Labute approximate surface area is 109 Å². The van der Waals surface area contributed by atoms with Gasteiger partial charge in [-0.1, -0.05) is 29.8 Å². The summed E-state index contributed by atoms with van der Waals surface area (Å²) in [6.45, 7) is 0. The zero-order valence-electron chi connectivity index (χ0n) is 9.35. The van der Waals surface area contributed by atoms with Crippen LogP contribution in [0, 0.1) is 0 Å². The molecule has 0 aliphatic carbocycles. The molecule has 0 saturated heterocycles. The van der Waals surface area contributed by atoms with E-state index in [1.54, 1.807) is 18.2 Å². The number of aromatic hydroxyl groups is 1. The van der Waals surface area contributed by atoms with Gasteiger partial charge in [-0.3, -0.25) is 0 Å². The van der Waals surface area contributed by atoms with Crippen molar-refractivity contribution in [1.82, 2.24) is 0 Å². The van der Waals surface area contributed by atoms with Crippen molar-refractivity contribution >= 4 is 23.3 Å². The maximum Gasteiger partial charge on any atom is 0.316 e. The van der Waals surface area contributed by atoms with Gasteiger partial charge in [-0.15, -0.1) is 0 Å². The summed E-state index contributed by atoms with van der Waals surface area (Å²) in [5, 5.41) is 12.3. The molecule has 4 nitrogen and oxygen atoms in total. The molecular formula is C13H11ClN2O2. The molecule has 92 valence electrons. The van der Waals surface area contributed by atoms with E-state index in [2.05, 4.69) is 5.32 Å². The number of phenols is 1. The highest BCUT2D eigenvalue weighted by atomic mass is 35.5. The third kappa shape index (κ3) is 2.55. The maximum absolute atomic E-state index is 10.9. The number of anilines is 1. The fourth-order valence-electron chi connectivity index (χ4n) is 1.68. The lowest BCUT2D eigenvalue weighted by atomic mass is 10.0. The van der Waals surface area contributed by atoms with E-state index in [4.69, 9.17) is 17.3 Å². The summed E-state index contributed by atoms with van der Waals surface area (Å²) in [6.07, 6.45) is 0. The van der Waals surface area contributed by atoms with Gasteiger partial charge >= 0.3 is 6.03 Å². The molecule has 2 aromatic rings. The number of nitrogens with one attached hydrogen (secondary N) is 1. The first kappa shape index (κ1) is 12.3. The van der Waals surface area contributed by atoms with Gasteiger partial charge < -0.3 is 16.2 Å². The molecule has 0 aromatic heterocycles. The molecule has 0 radical (unpaired) electrons. The Morgan fingerprint density at radius 2 is 1.89 bits per heavy atom. The van der Waals surface area contributed by atoms with E-state index in [1.165, 1.54) is 12.1 Å². The zero-order chi connectivity index (χ0) is 13.1. The molecule has 0 atom stereocenters. The van der Waals surface area contributed by atoms with Crippen LogP contribution in [0.5, 0.6) is 5.75 Å². The van der Waals surface area contributed by atoms with Crippen molar-refractivity contribution in [2.45, 2.75) is 0 Å². The minimum atomic E-state index is -0.641. The summed E-state index contributed by atoms with van der Waals surface area (Å²) < 4.78 is 0. The molecule has 0 spiro atoms. The molecule has 2 rings (SSSR count). The van der Waals surface area contributed by atoms with Gasteiger partial charge in [0.15, 0.2) is 0 Å². The number of amides is 2. The summed E-state index contributed by atoms with van der Waals surface area (Å²) in [7, 11) is 0. The quantitative estimate of drug-likeness (QED) is 0.777. The van der Waals surface area contributed by atoms with Crippen LogP contribution >= 0.6 is 11.6 Å². The van der Waals surface area contributed by atoms with Crippen LogP contribution in [0.1, 0.15) is 0 Å². The highest BCUT2D eigenvalue weighted by Crippen LogP contribution is 2.35. The predicted octanol–water partition coefficient (Wildman–Crippen LogP) is 3.20. The lowest BCUT2D eigenvalue weighted by Gasteiger charge is -2.11. The van der Waals surface area contributed by atoms with Crippen LogP contribution in [0.3, 0.4) is 0 Å². The summed E-state index contributed by atoms with van der Waals surface area (Å²) >= 11 is 6.07. The molecule has 0 fully saturated rings. The van der Waals surface area contributed by atoms with Gasteiger partial charge in [-0.25, -0.2) is 4.79 Å². The molecule has 2 aromatic carbocycles. The van der Waals surface area contributed by atoms with E-state index in [-0.39, 0.29) is 5.75 Å². The van der Waals surface area contributed by atoms with E-state index in [0.29, 0.717) is 16.3 Å². The van der Waals surface area contributed by atoms with E-state index in [9.17, 15) is 9.90 Å². The van der Waals surface area contributed by atoms with E-state index < -0.39 is 6.03 Å². The minimum absolute atomic E-state index is 0.0871. The number of carbonyl (C=O) groups is 1. The Balaban J connectivity index is 2.53. The first-order valence-electron chi connectivity index (χ1n) is 5.22. The summed E-state index contributed by atoms with van der Waals surface area (Å²) in [5.41, 5.74) is 7.12. The Hall–Kier alpha value is -2.20. The minimum Gasteiger partial charge on any atom is -0.508 e. The third-order valence-electron chi connectivity index (χ3n) is 2.43. The van der Waals surface area contributed by atoms with Crippen LogP contribution in [0.15, 0.2) is 42.5 Å². The van der Waals surface area contributed by atoms with Crippen molar-refractivity contribution in [3.05, 3.63) is 47.5 Å². The van der Waals surface area contributed by atoms with Crippen LogP contribution in [0.25, 0.3) is 11.1 Å². The summed E-state index contributed by atoms with van der Waals surface area (Å²) in [4.78, 5) is 10.9. The van der Waals surface area contributed by atoms with Crippen molar-refractivity contribution in [3.8, 4) is 16.9 Å². The van der Waals surface area contributed by atoms with E-state index in [1.807, 2.05) is 12.1 Å². The molecule has 2 amide bonds. The van der Waals surface area contributed by atoms with E-state index in [0.717, 1.165) is 5.56 Å². The molecule has 0 saturated carbocycles. The van der Waals surface area contributed by atoms with Gasteiger partial charge in [0.1, 0.15) is 5.75 Å². The predicted molar refractivity (Wildman–Crippen MR) is 71.8 cm³/mol. The summed E-state index contributed by atoms with van der Waals surface area (Å²) in [6, 6.07) is 11.2.